The van der Waals surface area contributed by atoms with E-state index in [4.69, 9.17) is 9.47 Å². The first kappa shape index (κ1) is 21.4. The maximum absolute atomic E-state index is 6.16. The van der Waals surface area contributed by atoms with Gasteiger partial charge in [-0.2, -0.15) is 0 Å². The topological polar surface area (TPSA) is 86.1 Å². The Hall–Kier alpha value is -4.17. The molecule has 1 atom stereocenters. The normalized spacial score (nSPS) is 15.5. The minimum Gasteiger partial charge on any atom is -0.489 e. The minimum atomic E-state index is 0.196. The zero-order valence-corrected chi connectivity index (χ0v) is 19.7. The van der Waals surface area contributed by atoms with Crippen LogP contribution in [0.2, 0.25) is 0 Å². The Balaban J connectivity index is 1.23. The zero-order valence-electron chi connectivity index (χ0n) is 19.7. The fraction of sp³-hybridized carbons (Fsp3) is 0.222. The summed E-state index contributed by atoms with van der Waals surface area (Å²) < 4.78 is 14.3. The van der Waals surface area contributed by atoms with Gasteiger partial charge in [0.25, 0.3) is 0 Å². The molecule has 5 aromatic rings. The number of ether oxygens (including phenoxy) is 2. The van der Waals surface area contributed by atoms with Crippen LogP contribution < -0.4 is 20.1 Å². The van der Waals surface area contributed by atoms with Crippen molar-refractivity contribution in [2.45, 2.75) is 19.4 Å². The van der Waals surface area contributed by atoms with Crippen molar-refractivity contribution in [2.24, 2.45) is 7.05 Å². The van der Waals surface area contributed by atoms with Crippen molar-refractivity contribution in [3.05, 3.63) is 72.8 Å². The van der Waals surface area contributed by atoms with Gasteiger partial charge in [-0.25, -0.2) is 15.0 Å². The molecular weight excluding hydrogens is 440 g/mol. The molecule has 1 aliphatic heterocycles. The average Bonchev–Trinajstić information content (AvgIpc) is 3.51. The lowest BCUT2D eigenvalue weighted by atomic mass is 10.1. The van der Waals surface area contributed by atoms with Gasteiger partial charge in [-0.3, -0.25) is 0 Å². The molecule has 0 aliphatic carbocycles. The highest BCUT2D eigenvalue weighted by Crippen LogP contribution is 2.32. The van der Waals surface area contributed by atoms with Gasteiger partial charge in [0.2, 0.25) is 0 Å². The number of anilines is 2. The Bertz CT molecular complexity index is 1520. The molecule has 0 radical (unpaired) electrons. The van der Waals surface area contributed by atoms with Crippen molar-refractivity contribution in [3.8, 4) is 17.2 Å². The van der Waals surface area contributed by atoms with E-state index in [0.29, 0.717) is 0 Å². The largest absolute Gasteiger partial charge is 0.489 e. The first-order chi connectivity index (χ1) is 17.1. The van der Waals surface area contributed by atoms with Crippen molar-refractivity contribution in [1.29, 1.82) is 0 Å². The van der Waals surface area contributed by atoms with E-state index in [9.17, 15) is 0 Å². The summed E-state index contributed by atoms with van der Waals surface area (Å²) in [5, 5.41) is 7.68. The summed E-state index contributed by atoms with van der Waals surface area (Å²) in [6, 6.07) is 17.9. The lowest BCUT2D eigenvalue weighted by Gasteiger charge is -2.15. The molecule has 0 spiro atoms. The summed E-state index contributed by atoms with van der Waals surface area (Å²) >= 11 is 0. The highest BCUT2D eigenvalue weighted by molar-refractivity contribution is 5.91. The van der Waals surface area contributed by atoms with Gasteiger partial charge in [0, 0.05) is 30.7 Å². The molecule has 8 heteroatoms. The van der Waals surface area contributed by atoms with Crippen LogP contribution in [0.15, 0.2) is 67.3 Å². The summed E-state index contributed by atoms with van der Waals surface area (Å²) in [6.45, 7) is 3.89. The van der Waals surface area contributed by atoms with Gasteiger partial charge in [0.05, 0.1) is 22.9 Å². The molecule has 1 aliphatic rings. The van der Waals surface area contributed by atoms with Gasteiger partial charge in [-0.05, 0) is 74.0 Å². The number of hydrogen-bond acceptors (Lipinski definition) is 7. The number of benzene rings is 3. The van der Waals surface area contributed by atoms with Crippen LogP contribution in [0.1, 0.15) is 12.0 Å². The van der Waals surface area contributed by atoms with Crippen LogP contribution in [0, 0.1) is 6.92 Å². The van der Waals surface area contributed by atoms with Crippen molar-refractivity contribution in [3.63, 3.8) is 0 Å². The first-order valence-corrected chi connectivity index (χ1v) is 11.7. The molecule has 0 bridgehead atoms. The number of aromatic nitrogens is 4. The molecule has 1 saturated heterocycles. The molecule has 2 aromatic heterocycles. The zero-order chi connectivity index (χ0) is 23.8. The monoisotopic (exact) mass is 466 g/mol. The summed E-state index contributed by atoms with van der Waals surface area (Å²) in [5.74, 6) is 3.11. The van der Waals surface area contributed by atoms with Gasteiger partial charge in [0.1, 0.15) is 35.5 Å². The number of rotatable bonds is 6. The fourth-order valence-corrected chi connectivity index (χ4v) is 4.41. The molecule has 3 heterocycles. The molecule has 3 aromatic carbocycles. The summed E-state index contributed by atoms with van der Waals surface area (Å²) in [6.07, 6.45) is 4.59. The SMILES string of the molecule is Cc1cc(Nc2ncnc3ccc(O[C@@H]4CCNC4)cc23)ccc1Oc1ccc2c(c1)ncn2C. The van der Waals surface area contributed by atoms with Gasteiger partial charge in [-0.1, -0.05) is 0 Å². The maximum Gasteiger partial charge on any atom is 0.141 e. The van der Waals surface area contributed by atoms with Crippen LogP contribution in [-0.2, 0) is 7.05 Å². The Morgan fingerprint density at radius 1 is 0.971 bits per heavy atom. The second kappa shape index (κ2) is 8.88. The third kappa shape index (κ3) is 4.36. The molecule has 0 amide bonds. The molecule has 0 saturated carbocycles. The summed E-state index contributed by atoms with van der Waals surface area (Å²) in [5.41, 5.74) is 4.76. The van der Waals surface area contributed by atoms with Crippen LogP contribution in [0.5, 0.6) is 17.2 Å². The standard InChI is InChI=1S/C27H26N6O2/c1-17-11-18(3-8-26(17)35-20-5-7-25-24(13-20)31-16-33(25)2)32-27-22-12-19(34-21-9-10-28-14-21)4-6-23(22)29-15-30-27/h3-8,11-13,15-16,21,28H,9-10,14H2,1-2H3,(H,29,30,32)/t21-/m1/s1. The lowest BCUT2D eigenvalue weighted by molar-refractivity contribution is 0.223. The van der Waals surface area contributed by atoms with Crippen molar-refractivity contribution in [2.75, 3.05) is 18.4 Å². The predicted octanol–water partition coefficient (Wildman–Crippen LogP) is 5.10. The van der Waals surface area contributed by atoms with E-state index in [1.165, 1.54) is 0 Å². The molecule has 176 valence electrons. The highest BCUT2D eigenvalue weighted by atomic mass is 16.5. The van der Waals surface area contributed by atoms with E-state index in [-0.39, 0.29) is 6.10 Å². The Morgan fingerprint density at radius 2 is 1.89 bits per heavy atom. The van der Waals surface area contributed by atoms with Crippen LogP contribution in [-0.4, -0.2) is 38.7 Å². The number of imidazole rings is 1. The third-order valence-electron chi connectivity index (χ3n) is 6.29. The summed E-state index contributed by atoms with van der Waals surface area (Å²) in [4.78, 5) is 13.3. The molecule has 0 unspecified atom stereocenters. The van der Waals surface area contributed by atoms with Crippen molar-refractivity contribution < 1.29 is 9.47 Å². The van der Waals surface area contributed by atoms with Gasteiger partial charge >= 0.3 is 0 Å². The maximum atomic E-state index is 6.16. The highest BCUT2D eigenvalue weighted by Gasteiger charge is 2.16. The smallest absolute Gasteiger partial charge is 0.141 e. The molecule has 1 fully saturated rings. The number of aryl methyl sites for hydroxylation is 2. The molecule has 35 heavy (non-hydrogen) atoms. The van der Waals surface area contributed by atoms with Crippen LogP contribution in [0.25, 0.3) is 21.9 Å². The van der Waals surface area contributed by atoms with E-state index in [2.05, 4.69) is 25.6 Å². The Kier molecular flexibility index (Phi) is 5.42. The summed E-state index contributed by atoms with van der Waals surface area (Å²) in [7, 11) is 1.98. The first-order valence-electron chi connectivity index (χ1n) is 11.7. The molecular formula is C27H26N6O2. The number of hydrogen-bond donors (Lipinski definition) is 2. The van der Waals surface area contributed by atoms with E-state index in [0.717, 1.165) is 75.8 Å². The van der Waals surface area contributed by atoms with Gasteiger partial charge < -0.3 is 24.7 Å². The molecule has 6 rings (SSSR count). The van der Waals surface area contributed by atoms with Crippen LogP contribution in [0.3, 0.4) is 0 Å². The Labute approximate surface area is 202 Å². The van der Waals surface area contributed by atoms with E-state index < -0.39 is 0 Å². The average molecular weight is 467 g/mol. The predicted molar refractivity (Wildman–Crippen MR) is 137 cm³/mol. The Morgan fingerprint density at radius 3 is 2.74 bits per heavy atom. The van der Waals surface area contributed by atoms with E-state index >= 15 is 0 Å². The number of fused-ring (bicyclic) bond motifs is 2. The van der Waals surface area contributed by atoms with Gasteiger partial charge in [-0.15, -0.1) is 0 Å². The fourth-order valence-electron chi connectivity index (χ4n) is 4.41. The van der Waals surface area contributed by atoms with Crippen LogP contribution >= 0.6 is 0 Å². The van der Waals surface area contributed by atoms with Crippen molar-refractivity contribution >= 4 is 33.4 Å². The van der Waals surface area contributed by atoms with Gasteiger partial charge in [0.15, 0.2) is 0 Å². The third-order valence-corrected chi connectivity index (χ3v) is 6.29. The lowest BCUT2D eigenvalue weighted by Crippen LogP contribution is -2.19. The van der Waals surface area contributed by atoms with Crippen LogP contribution in [0.4, 0.5) is 11.5 Å². The van der Waals surface area contributed by atoms with E-state index in [1.807, 2.05) is 73.1 Å². The number of nitrogens with one attached hydrogen (secondary N) is 2. The molecule has 2 N–H and O–H groups in total. The number of nitrogens with zero attached hydrogens (tertiary/aromatic N) is 4. The second-order valence-electron chi connectivity index (χ2n) is 8.85. The van der Waals surface area contributed by atoms with E-state index in [1.54, 1.807) is 12.7 Å². The minimum absolute atomic E-state index is 0.196. The second-order valence-corrected chi connectivity index (χ2v) is 8.85. The quantitative estimate of drug-likeness (QED) is 0.360. The molecule has 8 nitrogen and oxygen atoms in total. The van der Waals surface area contributed by atoms with Crippen molar-refractivity contribution in [1.82, 2.24) is 24.8 Å².